The van der Waals surface area contributed by atoms with Crippen molar-refractivity contribution < 1.29 is 19.5 Å². The van der Waals surface area contributed by atoms with Gasteiger partial charge in [0.15, 0.2) is 0 Å². The average molecular weight is 395 g/mol. The van der Waals surface area contributed by atoms with Crippen LogP contribution in [-0.4, -0.2) is 33.5 Å². The number of carboxylic acids is 1. The number of thioether (sulfide) groups is 1. The highest BCUT2D eigenvalue weighted by atomic mass is 32.2. The SMILES string of the molecule is CC1(C)S[C@H]2c3ccccc3C(=O)N2[C@@H]1C(=O)N[C@H](C(=O)[O-])c1ccccc1. The molecular weight excluding hydrogens is 376 g/mol. The van der Waals surface area contributed by atoms with Gasteiger partial charge in [0.25, 0.3) is 5.91 Å². The van der Waals surface area contributed by atoms with E-state index in [0.29, 0.717) is 11.1 Å². The smallest absolute Gasteiger partial charge is 0.256 e. The first-order valence-electron chi connectivity index (χ1n) is 8.97. The maximum absolute atomic E-state index is 13.2. The predicted octanol–water partition coefficient (Wildman–Crippen LogP) is 1.64. The van der Waals surface area contributed by atoms with Gasteiger partial charge in [-0.2, -0.15) is 0 Å². The van der Waals surface area contributed by atoms with Gasteiger partial charge in [-0.1, -0.05) is 48.5 Å². The maximum atomic E-state index is 13.2. The lowest BCUT2D eigenvalue weighted by Crippen LogP contribution is -2.54. The zero-order valence-electron chi connectivity index (χ0n) is 15.4. The molecule has 3 atom stereocenters. The molecule has 1 fully saturated rings. The zero-order valence-corrected chi connectivity index (χ0v) is 16.2. The minimum Gasteiger partial charge on any atom is -0.548 e. The van der Waals surface area contributed by atoms with Crippen LogP contribution in [0.3, 0.4) is 0 Å². The van der Waals surface area contributed by atoms with Crippen molar-refractivity contribution in [1.29, 1.82) is 0 Å². The Morgan fingerprint density at radius 1 is 1.11 bits per heavy atom. The standard InChI is InChI=1S/C21H20N2O4S/c1-21(2)16(17(24)22-15(20(26)27)12-8-4-3-5-9-12)23-18(25)13-10-6-7-11-14(13)19(23)28-21/h3-11,15-16,19H,1-2H3,(H,22,24)(H,26,27)/p-1/t15-,16+,19-/m0/s1. The van der Waals surface area contributed by atoms with E-state index in [1.807, 2.05) is 26.0 Å². The van der Waals surface area contributed by atoms with Gasteiger partial charge in [0.05, 0.1) is 12.0 Å². The molecule has 0 radical (unpaired) electrons. The zero-order chi connectivity index (χ0) is 20.1. The number of rotatable bonds is 4. The van der Waals surface area contributed by atoms with E-state index in [4.69, 9.17) is 0 Å². The van der Waals surface area contributed by atoms with Crippen molar-refractivity contribution in [2.24, 2.45) is 0 Å². The molecule has 2 aromatic carbocycles. The predicted molar refractivity (Wildman–Crippen MR) is 103 cm³/mol. The van der Waals surface area contributed by atoms with Crippen molar-refractivity contribution in [2.75, 3.05) is 0 Å². The molecule has 0 saturated carbocycles. The van der Waals surface area contributed by atoms with E-state index in [1.165, 1.54) is 11.8 Å². The Hall–Kier alpha value is -2.80. The summed E-state index contributed by atoms with van der Waals surface area (Å²) in [5.74, 6) is -2.10. The Labute approximate surface area is 166 Å². The molecule has 2 aliphatic heterocycles. The maximum Gasteiger partial charge on any atom is 0.256 e. The molecule has 1 saturated heterocycles. The van der Waals surface area contributed by atoms with Crippen LogP contribution in [-0.2, 0) is 9.59 Å². The fourth-order valence-corrected chi connectivity index (χ4v) is 5.54. The number of aliphatic carboxylic acids is 1. The summed E-state index contributed by atoms with van der Waals surface area (Å²) in [4.78, 5) is 39.4. The van der Waals surface area contributed by atoms with E-state index >= 15 is 0 Å². The number of benzene rings is 2. The molecule has 2 aliphatic rings. The molecule has 4 rings (SSSR count). The fraction of sp³-hybridized carbons (Fsp3) is 0.286. The first-order chi connectivity index (χ1) is 13.3. The van der Waals surface area contributed by atoms with Crippen LogP contribution in [0.1, 0.15) is 46.7 Å². The molecule has 0 bridgehead atoms. The van der Waals surface area contributed by atoms with Crippen molar-refractivity contribution >= 4 is 29.5 Å². The number of nitrogens with zero attached hydrogens (tertiary/aromatic N) is 1. The summed E-state index contributed by atoms with van der Waals surface area (Å²) in [6, 6.07) is 13.6. The van der Waals surface area contributed by atoms with Gasteiger partial charge < -0.3 is 20.1 Å². The Bertz CT molecular complexity index is 960. The second-order valence-corrected chi connectivity index (χ2v) is 9.18. The molecule has 6 nitrogen and oxygen atoms in total. The van der Waals surface area contributed by atoms with E-state index < -0.39 is 28.7 Å². The van der Waals surface area contributed by atoms with Gasteiger partial charge in [0, 0.05) is 10.3 Å². The van der Waals surface area contributed by atoms with Crippen LogP contribution in [0.5, 0.6) is 0 Å². The third kappa shape index (κ3) is 2.86. The van der Waals surface area contributed by atoms with Crippen molar-refractivity contribution in [3.05, 3.63) is 71.3 Å². The van der Waals surface area contributed by atoms with Crippen LogP contribution in [0.2, 0.25) is 0 Å². The second-order valence-electron chi connectivity index (χ2n) is 7.45. The van der Waals surface area contributed by atoms with Crippen LogP contribution in [0.25, 0.3) is 0 Å². The summed E-state index contributed by atoms with van der Waals surface area (Å²) in [5, 5.41) is 14.0. The van der Waals surface area contributed by atoms with Crippen molar-refractivity contribution in [2.45, 2.75) is 36.1 Å². The van der Waals surface area contributed by atoms with E-state index in [1.54, 1.807) is 47.4 Å². The number of carbonyl (C=O) groups is 3. The molecule has 7 heteroatoms. The van der Waals surface area contributed by atoms with Crippen molar-refractivity contribution in [3.8, 4) is 0 Å². The lowest BCUT2D eigenvalue weighted by atomic mass is 9.99. The molecule has 1 N–H and O–H groups in total. The van der Waals surface area contributed by atoms with Crippen LogP contribution in [0.4, 0.5) is 0 Å². The molecule has 28 heavy (non-hydrogen) atoms. The number of hydrogen-bond acceptors (Lipinski definition) is 5. The third-order valence-corrected chi connectivity index (χ3v) is 6.74. The molecule has 0 aromatic heterocycles. The van der Waals surface area contributed by atoms with E-state index in [9.17, 15) is 19.5 Å². The number of nitrogens with one attached hydrogen (secondary N) is 1. The normalized spacial score (nSPS) is 23.1. The number of amides is 2. The Kier molecular flexibility index (Phi) is 4.42. The van der Waals surface area contributed by atoms with Gasteiger partial charge in [0.1, 0.15) is 11.4 Å². The van der Waals surface area contributed by atoms with Crippen molar-refractivity contribution in [1.82, 2.24) is 10.2 Å². The second kappa shape index (κ2) is 6.67. The largest absolute Gasteiger partial charge is 0.548 e. The molecule has 2 aromatic rings. The minimum absolute atomic E-state index is 0.205. The summed E-state index contributed by atoms with van der Waals surface area (Å²) in [6.45, 7) is 3.79. The van der Waals surface area contributed by atoms with Crippen LogP contribution >= 0.6 is 11.8 Å². The molecule has 0 aliphatic carbocycles. The van der Waals surface area contributed by atoms with Gasteiger partial charge >= 0.3 is 0 Å². The third-order valence-electron chi connectivity index (χ3n) is 5.20. The number of hydrogen-bond donors (Lipinski definition) is 1. The summed E-state index contributed by atoms with van der Waals surface area (Å²) < 4.78 is -0.578. The molecule has 2 amide bonds. The van der Waals surface area contributed by atoms with E-state index in [2.05, 4.69) is 5.32 Å². The van der Waals surface area contributed by atoms with Gasteiger partial charge in [-0.15, -0.1) is 11.8 Å². The van der Waals surface area contributed by atoms with Gasteiger partial charge in [-0.3, -0.25) is 9.59 Å². The quantitative estimate of drug-likeness (QED) is 0.850. The Morgan fingerprint density at radius 2 is 1.75 bits per heavy atom. The Balaban J connectivity index is 1.65. The average Bonchev–Trinajstić information content (AvgIpc) is 3.10. The molecule has 0 unspecified atom stereocenters. The minimum atomic E-state index is -1.39. The topological polar surface area (TPSA) is 89.5 Å². The van der Waals surface area contributed by atoms with Gasteiger partial charge in [-0.05, 0) is 31.0 Å². The number of fused-ring (bicyclic) bond motifs is 3. The van der Waals surface area contributed by atoms with Gasteiger partial charge in [0.2, 0.25) is 5.91 Å². The first-order valence-corrected chi connectivity index (χ1v) is 9.85. The number of carboxylic acid groups (broad SMARTS) is 1. The summed E-state index contributed by atoms with van der Waals surface area (Å²) >= 11 is 1.53. The Morgan fingerprint density at radius 3 is 2.43 bits per heavy atom. The first kappa shape index (κ1) is 18.6. The fourth-order valence-electron chi connectivity index (χ4n) is 3.95. The summed E-state index contributed by atoms with van der Waals surface area (Å²) in [5.41, 5.74) is 1.90. The summed E-state index contributed by atoms with van der Waals surface area (Å²) in [7, 11) is 0. The molecule has 2 heterocycles. The monoisotopic (exact) mass is 395 g/mol. The summed E-state index contributed by atoms with van der Waals surface area (Å²) in [6.07, 6.45) is 0. The van der Waals surface area contributed by atoms with Crippen LogP contribution in [0.15, 0.2) is 54.6 Å². The van der Waals surface area contributed by atoms with E-state index in [0.717, 1.165) is 5.56 Å². The lowest BCUT2D eigenvalue weighted by Gasteiger charge is -2.31. The molecule has 144 valence electrons. The van der Waals surface area contributed by atoms with Crippen LogP contribution < -0.4 is 10.4 Å². The number of carbonyl (C=O) groups excluding carboxylic acids is 3. The van der Waals surface area contributed by atoms with Crippen molar-refractivity contribution in [3.63, 3.8) is 0 Å². The molecule has 0 spiro atoms. The highest BCUT2D eigenvalue weighted by Crippen LogP contribution is 2.56. The highest BCUT2D eigenvalue weighted by molar-refractivity contribution is 8.01. The highest BCUT2D eigenvalue weighted by Gasteiger charge is 2.57. The van der Waals surface area contributed by atoms with Gasteiger partial charge in [-0.25, -0.2) is 0 Å². The van der Waals surface area contributed by atoms with Crippen LogP contribution in [0, 0.1) is 0 Å². The van der Waals surface area contributed by atoms with E-state index in [-0.39, 0.29) is 11.3 Å². The molecular formula is C21H19N2O4S-. The lowest BCUT2D eigenvalue weighted by molar-refractivity contribution is -0.308.